The lowest BCUT2D eigenvalue weighted by Gasteiger charge is -2.14. The smallest absolute Gasteiger partial charge is 0.230 e. The highest BCUT2D eigenvalue weighted by molar-refractivity contribution is 8.00. The first kappa shape index (κ1) is 18.1. The molecular formula is C17H28N2OS. The molecule has 1 rings (SSSR count). The van der Waals surface area contributed by atoms with E-state index in [0.29, 0.717) is 11.8 Å². The lowest BCUT2D eigenvalue weighted by atomic mass is 10.1. The maximum absolute atomic E-state index is 11.8. The minimum atomic E-state index is 0.117. The van der Waals surface area contributed by atoms with Crippen LogP contribution >= 0.6 is 11.8 Å². The second kappa shape index (κ2) is 9.85. The third-order valence-electron chi connectivity index (χ3n) is 3.39. The second-order valence-electron chi connectivity index (χ2n) is 5.39. The zero-order valence-electron chi connectivity index (χ0n) is 13.6. The number of nitrogens with one attached hydrogen (secondary N) is 2. The fraction of sp³-hybridized carbons (Fsp3) is 0.588. The molecule has 0 heterocycles. The fourth-order valence-electron chi connectivity index (χ4n) is 2.25. The summed E-state index contributed by atoms with van der Waals surface area (Å²) in [6, 6.07) is 9.09. The van der Waals surface area contributed by atoms with Crippen molar-refractivity contribution in [3.8, 4) is 0 Å². The molecule has 21 heavy (non-hydrogen) atoms. The van der Waals surface area contributed by atoms with Crippen LogP contribution in [0.1, 0.15) is 52.1 Å². The molecular weight excluding hydrogens is 280 g/mol. The van der Waals surface area contributed by atoms with Crippen LogP contribution in [-0.4, -0.2) is 24.2 Å². The van der Waals surface area contributed by atoms with E-state index in [9.17, 15) is 4.79 Å². The maximum atomic E-state index is 11.8. The van der Waals surface area contributed by atoms with Gasteiger partial charge in [-0.2, -0.15) is 0 Å². The van der Waals surface area contributed by atoms with Crippen molar-refractivity contribution in [3.05, 3.63) is 29.8 Å². The minimum absolute atomic E-state index is 0.117. The standard InChI is InChI=1S/C17H28N2OS/c1-5-7-13(3)19-17(20)12-21-16-10-8-15(9-11-16)14(4)18-6-2/h8-11,13-14,18H,5-7,12H2,1-4H3,(H,19,20). The first-order valence-corrected chi connectivity index (χ1v) is 8.80. The fourth-order valence-corrected chi connectivity index (χ4v) is 2.96. The summed E-state index contributed by atoms with van der Waals surface area (Å²) in [6.07, 6.45) is 2.13. The Morgan fingerprint density at radius 2 is 1.86 bits per heavy atom. The van der Waals surface area contributed by atoms with E-state index in [1.165, 1.54) is 5.56 Å². The van der Waals surface area contributed by atoms with Crippen molar-refractivity contribution in [1.82, 2.24) is 10.6 Å². The molecule has 0 aliphatic carbocycles. The predicted molar refractivity (Wildman–Crippen MR) is 91.8 cm³/mol. The Balaban J connectivity index is 2.40. The van der Waals surface area contributed by atoms with Gasteiger partial charge in [0.05, 0.1) is 5.75 Å². The molecule has 0 radical (unpaired) electrons. The molecule has 2 atom stereocenters. The summed E-state index contributed by atoms with van der Waals surface area (Å²) in [5.74, 6) is 0.599. The van der Waals surface area contributed by atoms with Gasteiger partial charge in [0.2, 0.25) is 5.91 Å². The Kier molecular flexibility index (Phi) is 8.47. The van der Waals surface area contributed by atoms with Gasteiger partial charge in [-0.05, 0) is 44.5 Å². The van der Waals surface area contributed by atoms with Gasteiger partial charge in [-0.25, -0.2) is 0 Å². The molecule has 0 bridgehead atoms. The highest BCUT2D eigenvalue weighted by atomic mass is 32.2. The largest absolute Gasteiger partial charge is 0.353 e. The number of hydrogen-bond donors (Lipinski definition) is 2. The topological polar surface area (TPSA) is 41.1 Å². The quantitative estimate of drug-likeness (QED) is 0.683. The van der Waals surface area contributed by atoms with Crippen LogP contribution in [-0.2, 0) is 4.79 Å². The summed E-state index contributed by atoms with van der Waals surface area (Å²) in [5.41, 5.74) is 1.28. The van der Waals surface area contributed by atoms with Gasteiger partial charge in [0.1, 0.15) is 0 Å². The van der Waals surface area contributed by atoms with E-state index in [1.54, 1.807) is 11.8 Å². The molecule has 0 aliphatic heterocycles. The lowest BCUT2D eigenvalue weighted by molar-refractivity contribution is -0.119. The number of amides is 1. The van der Waals surface area contributed by atoms with Crippen LogP contribution in [0.2, 0.25) is 0 Å². The molecule has 1 aromatic rings. The molecule has 2 unspecified atom stereocenters. The number of benzene rings is 1. The summed E-state index contributed by atoms with van der Waals surface area (Å²) in [5, 5.41) is 6.42. The lowest BCUT2D eigenvalue weighted by Crippen LogP contribution is -2.33. The van der Waals surface area contributed by atoms with Crippen molar-refractivity contribution in [2.45, 2.75) is 57.5 Å². The van der Waals surface area contributed by atoms with E-state index >= 15 is 0 Å². The van der Waals surface area contributed by atoms with Crippen molar-refractivity contribution >= 4 is 17.7 Å². The summed E-state index contributed by atoms with van der Waals surface area (Å²) >= 11 is 1.59. The van der Waals surface area contributed by atoms with Gasteiger partial charge in [-0.15, -0.1) is 11.8 Å². The Bertz CT molecular complexity index is 419. The summed E-state index contributed by atoms with van der Waals surface area (Å²) in [4.78, 5) is 13.0. The van der Waals surface area contributed by atoms with Gasteiger partial charge in [-0.1, -0.05) is 32.4 Å². The molecule has 0 aromatic heterocycles. The Morgan fingerprint density at radius 1 is 1.19 bits per heavy atom. The molecule has 1 aromatic carbocycles. The molecule has 0 aliphatic rings. The minimum Gasteiger partial charge on any atom is -0.353 e. The highest BCUT2D eigenvalue weighted by Crippen LogP contribution is 2.21. The zero-order chi connectivity index (χ0) is 15.7. The predicted octanol–water partition coefficient (Wildman–Crippen LogP) is 3.75. The van der Waals surface area contributed by atoms with Crippen molar-refractivity contribution in [2.75, 3.05) is 12.3 Å². The van der Waals surface area contributed by atoms with Crippen molar-refractivity contribution in [2.24, 2.45) is 0 Å². The molecule has 0 fully saturated rings. The molecule has 3 nitrogen and oxygen atoms in total. The van der Waals surface area contributed by atoms with Crippen LogP contribution in [0.25, 0.3) is 0 Å². The third kappa shape index (κ3) is 7.00. The molecule has 2 N–H and O–H groups in total. The van der Waals surface area contributed by atoms with Crippen molar-refractivity contribution in [1.29, 1.82) is 0 Å². The Morgan fingerprint density at radius 3 is 2.43 bits per heavy atom. The SMILES string of the molecule is CCCC(C)NC(=O)CSc1ccc(C(C)NCC)cc1. The van der Waals surface area contributed by atoms with Gasteiger partial charge in [0.25, 0.3) is 0 Å². The monoisotopic (exact) mass is 308 g/mol. The molecule has 4 heteroatoms. The zero-order valence-corrected chi connectivity index (χ0v) is 14.4. The first-order valence-electron chi connectivity index (χ1n) is 7.82. The second-order valence-corrected chi connectivity index (χ2v) is 6.44. The van der Waals surface area contributed by atoms with Crippen molar-refractivity contribution < 1.29 is 4.79 Å². The molecule has 1 amide bonds. The Labute approximate surface area is 133 Å². The summed E-state index contributed by atoms with van der Waals surface area (Å²) < 4.78 is 0. The molecule has 0 saturated heterocycles. The van der Waals surface area contributed by atoms with Crippen molar-refractivity contribution in [3.63, 3.8) is 0 Å². The van der Waals surface area contributed by atoms with Gasteiger partial charge < -0.3 is 10.6 Å². The van der Waals surface area contributed by atoms with Crippen LogP contribution in [0, 0.1) is 0 Å². The summed E-state index contributed by atoms with van der Waals surface area (Å²) in [7, 11) is 0. The molecule has 118 valence electrons. The van der Waals surface area contributed by atoms with Gasteiger partial charge in [0.15, 0.2) is 0 Å². The van der Waals surface area contributed by atoms with Gasteiger partial charge in [0, 0.05) is 17.0 Å². The van der Waals surface area contributed by atoms with E-state index in [1.807, 2.05) is 0 Å². The van der Waals surface area contributed by atoms with Gasteiger partial charge in [-0.3, -0.25) is 4.79 Å². The Hall–Kier alpha value is -1.00. The average Bonchev–Trinajstić information content (AvgIpc) is 2.46. The number of carbonyl (C=O) groups excluding carboxylic acids is 1. The maximum Gasteiger partial charge on any atom is 0.230 e. The number of rotatable bonds is 9. The number of hydrogen-bond acceptors (Lipinski definition) is 3. The average molecular weight is 308 g/mol. The number of thioether (sulfide) groups is 1. The van der Waals surface area contributed by atoms with Crippen LogP contribution in [0.4, 0.5) is 0 Å². The summed E-state index contributed by atoms with van der Waals surface area (Å²) in [6.45, 7) is 9.43. The van der Waals surface area contributed by atoms with E-state index in [0.717, 1.165) is 24.3 Å². The van der Waals surface area contributed by atoms with E-state index in [-0.39, 0.29) is 11.9 Å². The van der Waals surface area contributed by atoms with Gasteiger partial charge >= 0.3 is 0 Å². The van der Waals surface area contributed by atoms with E-state index in [4.69, 9.17) is 0 Å². The normalized spacial score (nSPS) is 13.7. The highest BCUT2D eigenvalue weighted by Gasteiger charge is 2.08. The van der Waals surface area contributed by atoms with E-state index in [2.05, 4.69) is 62.6 Å². The third-order valence-corrected chi connectivity index (χ3v) is 4.40. The first-order chi connectivity index (χ1) is 10.1. The molecule has 0 spiro atoms. The molecule has 0 saturated carbocycles. The number of carbonyl (C=O) groups is 1. The van der Waals surface area contributed by atoms with E-state index < -0.39 is 0 Å². The van der Waals surface area contributed by atoms with Crippen LogP contribution in [0.15, 0.2) is 29.2 Å². The van der Waals surface area contributed by atoms with Crippen LogP contribution < -0.4 is 10.6 Å². The van der Waals surface area contributed by atoms with Crippen LogP contribution in [0.5, 0.6) is 0 Å². The van der Waals surface area contributed by atoms with Crippen LogP contribution in [0.3, 0.4) is 0 Å².